The van der Waals surface area contributed by atoms with Crippen LogP contribution in [0.15, 0.2) is 17.5 Å². The van der Waals surface area contributed by atoms with E-state index in [1.54, 1.807) is 11.3 Å². The van der Waals surface area contributed by atoms with Crippen LogP contribution >= 0.6 is 33.9 Å². The van der Waals surface area contributed by atoms with Crippen molar-refractivity contribution in [3.63, 3.8) is 0 Å². The second kappa shape index (κ2) is 4.16. The third-order valence-electron chi connectivity index (χ3n) is 2.38. The van der Waals surface area contributed by atoms with E-state index >= 15 is 0 Å². The van der Waals surface area contributed by atoms with Gasteiger partial charge >= 0.3 is 0 Å². The molecule has 1 nitrogen and oxygen atoms in total. The van der Waals surface area contributed by atoms with Crippen molar-refractivity contribution in [3.05, 3.63) is 32.2 Å². The number of thiophene rings is 1. The number of benzene rings is 1. The molecule has 0 radical (unpaired) electrons. The predicted octanol–water partition coefficient (Wildman–Crippen LogP) is 3.56. The maximum Gasteiger partial charge on any atom is 0.0696 e. The Morgan fingerprint density at radius 1 is 1.36 bits per heavy atom. The van der Waals surface area contributed by atoms with Crippen LogP contribution in [0.2, 0.25) is 0 Å². The van der Waals surface area contributed by atoms with Gasteiger partial charge in [-0.05, 0) is 51.6 Å². The van der Waals surface area contributed by atoms with E-state index in [4.69, 9.17) is 0 Å². The Labute approximate surface area is 101 Å². The zero-order valence-corrected chi connectivity index (χ0v) is 10.9. The zero-order valence-electron chi connectivity index (χ0n) is 7.88. The van der Waals surface area contributed by atoms with Gasteiger partial charge in [-0.1, -0.05) is 13.0 Å². The number of aliphatic hydroxyl groups excluding tert-OH is 1. The van der Waals surface area contributed by atoms with Gasteiger partial charge in [0.2, 0.25) is 0 Å². The maximum atomic E-state index is 9.22. The summed E-state index contributed by atoms with van der Waals surface area (Å²) in [6.07, 6.45) is 1.05. The molecule has 2 aromatic rings. The summed E-state index contributed by atoms with van der Waals surface area (Å²) in [7, 11) is 0. The van der Waals surface area contributed by atoms with Crippen molar-refractivity contribution in [3.8, 4) is 0 Å². The molecule has 0 saturated heterocycles. The van der Waals surface area contributed by atoms with E-state index in [0.29, 0.717) is 0 Å². The number of rotatable bonds is 2. The minimum Gasteiger partial charge on any atom is -0.392 e. The molecule has 0 aliphatic heterocycles. The van der Waals surface area contributed by atoms with Gasteiger partial charge in [0.15, 0.2) is 0 Å². The van der Waals surface area contributed by atoms with Crippen molar-refractivity contribution in [2.45, 2.75) is 20.0 Å². The van der Waals surface area contributed by atoms with Gasteiger partial charge in [-0.25, -0.2) is 0 Å². The molecule has 1 heterocycles. The molecule has 0 amide bonds. The summed E-state index contributed by atoms with van der Waals surface area (Å²) in [6, 6.07) is 4.34. The molecule has 0 bridgehead atoms. The highest BCUT2D eigenvalue weighted by molar-refractivity contribution is 14.1. The lowest BCUT2D eigenvalue weighted by atomic mass is 10.1. The van der Waals surface area contributed by atoms with Gasteiger partial charge in [-0.2, -0.15) is 0 Å². The van der Waals surface area contributed by atoms with E-state index in [0.717, 1.165) is 12.0 Å². The molecule has 74 valence electrons. The quantitative estimate of drug-likeness (QED) is 0.840. The van der Waals surface area contributed by atoms with E-state index in [1.165, 1.54) is 19.2 Å². The van der Waals surface area contributed by atoms with E-state index in [2.05, 4.69) is 41.6 Å². The van der Waals surface area contributed by atoms with Crippen LogP contribution < -0.4 is 0 Å². The number of aliphatic hydroxyl groups is 1. The monoisotopic (exact) mass is 318 g/mol. The molecule has 0 atom stereocenters. The zero-order chi connectivity index (χ0) is 10.1. The van der Waals surface area contributed by atoms with Gasteiger partial charge in [-0.3, -0.25) is 0 Å². The first kappa shape index (κ1) is 10.4. The fourth-order valence-electron chi connectivity index (χ4n) is 1.58. The Hall–Kier alpha value is -0.130. The first-order valence-electron chi connectivity index (χ1n) is 4.56. The number of fused-ring (bicyclic) bond motifs is 1. The Balaban J connectivity index is 2.77. The SMILES string of the molecule is CCc1ccc2scc(CO)c2c1I. The molecule has 0 aliphatic rings. The normalized spacial score (nSPS) is 11.1. The third kappa shape index (κ3) is 1.57. The Morgan fingerprint density at radius 3 is 2.79 bits per heavy atom. The minimum absolute atomic E-state index is 0.142. The van der Waals surface area contributed by atoms with Crippen LogP contribution in [0.25, 0.3) is 10.1 Å². The summed E-state index contributed by atoms with van der Waals surface area (Å²) in [6.45, 7) is 2.30. The average Bonchev–Trinajstić information content (AvgIpc) is 2.62. The molecule has 1 N–H and O–H groups in total. The van der Waals surface area contributed by atoms with Crippen LogP contribution in [0.5, 0.6) is 0 Å². The number of hydrogen-bond acceptors (Lipinski definition) is 2. The maximum absolute atomic E-state index is 9.22. The molecule has 2 rings (SSSR count). The second-order valence-corrected chi connectivity index (χ2v) is 5.17. The summed E-state index contributed by atoms with van der Waals surface area (Å²) in [5.41, 5.74) is 2.43. The molecule has 1 aromatic carbocycles. The molecule has 1 aromatic heterocycles. The van der Waals surface area contributed by atoms with Gasteiger partial charge in [0, 0.05) is 13.7 Å². The van der Waals surface area contributed by atoms with Crippen LogP contribution in [0.4, 0.5) is 0 Å². The highest BCUT2D eigenvalue weighted by Gasteiger charge is 2.09. The largest absolute Gasteiger partial charge is 0.392 e. The van der Waals surface area contributed by atoms with Crippen LogP contribution in [0.3, 0.4) is 0 Å². The predicted molar refractivity (Wildman–Crippen MR) is 69.8 cm³/mol. The standard InChI is InChI=1S/C11H11IOS/c1-2-7-3-4-9-10(11(7)12)8(5-13)6-14-9/h3-4,6,13H,2,5H2,1H3. The smallest absolute Gasteiger partial charge is 0.0696 e. The Morgan fingerprint density at radius 2 is 2.14 bits per heavy atom. The summed E-state index contributed by atoms with van der Waals surface area (Å²) in [5.74, 6) is 0. The molecule has 14 heavy (non-hydrogen) atoms. The van der Waals surface area contributed by atoms with Crippen molar-refractivity contribution < 1.29 is 5.11 Å². The Bertz CT molecular complexity index is 462. The fraction of sp³-hybridized carbons (Fsp3) is 0.273. The molecule has 0 spiro atoms. The Kier molecular flexibility index (Phi) is 3.09. The second-order valence-electron chi connectivity index (χ2n) is 3.18. The number of aryl methyl sites for hydroxylation is 1. The van der Waals surface area contributed by atoms with Crippen LogP contribution in [0.1, 0.15) is 18.1 Å². The summed E-state index contributed by atoms with van der Waals surface area (Å²) in [5, 5.41) is 12.5. The fourth-order valence-corrected chi connectivity index (χ4v) is 3.92. The molecular weight excluding hydrogens is 307 g/mol. The minimum atomic E-state index is 0.142. The summed E-state index contributed by atoms with van der Waals surface area (Å²) < 4.78 is 2.57. The molecule has 0 saturated carbocycles. The lowest BCUT2D eigenvalue weighted by Crippen LogP contribution is -1.88. The van der Waals surface area contributed by atoms with Gasteiger partial charge in [0.05, 0.1) is 6.61 Å². The number of halogens is 1. The van der Waals surface area contributed by atoms with E-state index in [-0.39, 0.29) is 6.61 Å². The van der Waals surface area contributed by atoms with Gasteiger partial charge in [0.25, 0.3) is 0 Å². The average molecular weight is 318 g/mol. The molecular formula is C11H11IOS. The van der Waals surface area contributed by atoms with Gasteiger partial charge in [0.1, 0.15) is 0 Å². The van der Waals surface area contributed by atoms with Crippen molar-refractivity contribution in [2.75, 3.05) is 0 Å². The van der Waals surface area contributed by atoms with Crippen molar-refractivity contribution in [2.24, 2.45) is 0 Å². The summed E-state index contributed by atoms with van der Waals surface area (Å²) in [4.78, 5) is 0. The van der Waals surface area contributed by atoms with Gasteiger partial charge in [-0.15, -0.1) is 11.3 Å². The molecule has 0 fully saturated rings. The topological polar surface area (TPSA) is 20.2 Å². The highest BCUT2D eigenvalue weighted by atomic mass is 127. The first-order valence-corrected chi connectivity index (χ1v) is 6.52. The van der Waals surface area contributed by atoms with E-state index in [9.17, 15) is 5.11 Å². The molecule has 3 heteroatoms. The highest BCUT2D eigenvalue weighted by Crippen LogP contribution is 2.32. The summed E-state index contributed by atoms with van der Waals surface area (Å²) >= 11 is 4.09. The number of hydrogen-bond donors (Lipinski definition) is 1. The molecule has 0 aliphatic carbocycles. The first-order chi connectivity index (χ1) is 6.77. The molecule has 0 unspecified atom stereocenters. The van der Waals surface area contributed by atoms with Crippen LogP contribution in [-0.4, -0.2) is 5.11 Å². The van der Waals surface area contributed by atoms with Crippen molar-refractivity contribution in [1.29, 1.82) is 0 Å². The van der Waals surface area contributed by atoms with E-state index < -0.39 is 0 Å². The third-order valence-corrected chi connectivity index (χ3v) is 4.61. The van der Waals surface area contributed by atoms with Crippen LogP contribution in [0, 0.1) is 3.57 Å². The van der Waals surface area contributed by atoms with E-state index in [1.807, 2.05) is 5.38 Å². The van der Waals surface area contributed by atoms with Crippen molar-refractivity contribution in [1.82, 2.24) is 0 Å². The lowest BCUT2D eigenvalue weighted by Gasteiger charge is -2.04. The lowest BCUT2D eigenvalue weighted by molar-refractivity contribution is 0.283. The van der Waals surface area contributed by atoms with Crippen molar-refractivity contribution >= 4 is 44.0 Å². The van der Waals surface area contributed by atoms with Crippen LogP contribution in [-0.2, 0) is 13.0 Å². The van der Waals surface area contributed by atoms with Gasteiger partial charge < -0.3 is 5.11 Å².